The van der Waals surface area contributed by atoms with Crippen molar-refractivity contribution in [1.29, 1.82) is 0 Å². The van der Waals surface area contributed by atoms with Gasteiger partial charge in [0, 0.05) is 33.7 Å². The van der Waals surface area contributed by atoms with Crippen LogP contribution in [-0.4, -0.2) is 45.3 Å². The van der Waals surface area contributed by atoms with E-state index < -0.39 is 58.6 Å². The molecular formula is C28H26F3NO6. The lowest BCUT2D eigenvalue weighted by atomic mass is 9.59. The van der Waals surface area contributed by atoms with E-state index in [4.69, 9.17) is 0 Å². The maximum absolute atomic E-state index is 13.6. The predicted octanol–water partition coefficient (Wildman–Crippen LogP) is 4.52. The Hall–Kier alpha value is -3.69. The molecule has 1 aromatic rings. The Morgan fingerprint density at radius 3 is 2.34 bits per heavy atom. The number of ether oxygens (including phenoxy) is 1. The van der Waals surface area contributed by atoms with Crippen LogP contribution in [0.3, 0.4) is 0 Å². The van der Waals surface area contributed by atoms with Gasteiger partial charge in [-0.15, -0.1) is 13.2 Å². The number of carbonyl (C=O) groups is 4. The topological polar surface area (TPSA) is 101 Å². The van der Waals surface area contributed by atoms with Crippen LogP contribution in [0, 0.1) is 17.8 Å². The average molecular weight is 530 g/mol. The zero-order valence-electron chi connectivity index (χ0n) is 21.2. The van der Waals surface area contributed by atoms with Gasteiger partial charge in [0.15, 0.2) is 11.6 Å². The molecule has 1 saturated heterocycles. The SMILES string of the molecule is CC1=CC(=O)C2=C(C1=O)[C@@H](c1cc(OC(F)(F)F)ccc1O)C1=CC[C@@H]3C(=O)N(C(C)(C)C)C(=O)[C@@H]3[C@@H]1C2. The van der Waals surface area contributed by atoms with Gasteiger partial charge in [-0.25, -0.2) is 0 Å². The van der Waals surface area contributed by atoms with E-state index >= 15 is 0 Å². The van der Waals surface area contributed by atoms with E-state index in [1.54, 1.807) is 26.8 Å². The van der Waals surface area contributed by atoms with Crippen LogP contribution in [0.15, 0.2) is 52.6 Å². The fraction of sp³-hybridized carbons (Fsp3) is 0.429. The number of nitrogens with zero attached hydrogens (tertiary/aromatic N) is 1. The number of phenols is 1. The number of hydrogen-bond donors (Lipinski definition) is 1. The number of phenolic OH excluding ortho intramolecular Hbond substituents is 1. The highest BCUT2D eigenvalue weighted by Crippen LogP contribution is 2.56. The molecule has 0 radical (unpaired) electrons. The zero-order valence-corrected chi connectivity index (χ0v) is 21.2. The number of allylic oxidation sites excluding steroid dienone is 6. The summed E-state index contributed by atoms with van der Waals surface area (Å²) in [4.78, 5) is 54.7. The lowest BCUT2D eigenvalue weighted by Gasteiger charge is -2.42. The highest BCUT2D eigenvalue weighted by molar-refractivity contribution is 6.24. The molecule has 1 aliphatic heterocycles. The van der Waals surface area contributed by atoms with Crippen molar-refractivity contribution in [2.24, 2.45) is 17.8 Å². The minimum atomic E-state index is -4.99. The number of amides is 2. The summed E-state index contributed by atoms with van der Waals surface area (Å²) in [5, 5.41) is 10.8. The van der Waals surface area contributed by atoms with Crippen LogP contribution >= 0.6 is 0 Å². The molecule has 0 bridgehead atoms. The van der Waals surface area contributed by atoms with Crippen molar-refractivity contribution in [2.45, 2.75) is 58.4 Å². The Labute approximate surface area is 216 Å². The van der Waals surface area contributed by atoms with Crippen molar-refractivity contribution < 1.29 is 42.2 Å². The molecule has 1 fully saturated rings. The Morgan fingerprint density at radius 1 is 1.03 bits per heavy atom. The average Bonchev–Trinajstić information content (AvgIpc) is 3.07. The first-order valence-corrected chi connectivity index (χ1v) is 12.3. The van der Waals surface area contributed by atoms with Crippen LogP contribution in [0.25, 0.3) is 0 Å². The van der Waals surface area contributed by atoms with Gasteiger partial charge in [-0.05, 0) is 70.7 Å². The Morgan fingerprint density at radius 2 is 1.71 bits per heavy atom. The third kappa shape index (κ3) is 3.97. The molecule has 4 aliphatic rings. The predicted molar refractivity (Wildman–Crippen MR) is 128 cm³/mol. The van der Waals surface area contributed by atoms with Gasteiger partial charge in [0.25, 0.3) is 0 Å². The molecule has 5 rings (SSSR count). The summed E-state index contributed by atoms with van der Waals surface area (Å²) in [6, 6.07) is 2.99. The monoisotopic (exact) mass is 529 g/mol. The summed E-state index contributed by atoms with van der Waals surface area (Å²) >= 11 is 0. The molecule has 3 aliphatic carbocycles. The zero-order chi connectivity index (χ0) is 27.9. The molecule has 200 valence electrons. The Kier molecular flexibility index (Phi) is 5.74. The number of alkyl halides is 3. The number of rotatable bonds is 2. The fourth-order valence-corrected chi connectivity index (χ4v) is 6.34. The summed E-state index contributed by atoms with van der Waals surface area (Å²) in [5.41, 5.74) is 0.0810. The van der Waals surface area contributed by atoms with Gasteiger partial charge < -0.3 is 9.84 Å². The van der Waals surface area contributed by atoms with E-state index in [0.717, 1.165) is 18.2 Å². The van der Waals surface area contributed by atoms with Crippen LogP contribution in [-0.2, 0) is 19.2 Å². The van der Waals surface area contributed by atoms with Crippen molar-refractivity contribution >= 4 is 23.4 Å². The number of aromatic hydroxyl groups is 1. The quantitative estimate of drug-likeness (QED) is 0.344. The lowest BCUT2D eigenvalue weighted by Crippen LogP contribution is -2.46. The van der Waals surface area contributed by atoms with Crippen molar-refractivity contribution in [3.63, 3.8) is 0 Å². The van der Waals surface area contributed by atoms with Gasteiger partial charge in [0.1, 0.15) is 11.5 Å². The number of ketones is 2. The second kappa shape index (κ2) is 8.41. The van der Waals surface area contributed by atoms with Crippen molar-refractivity contribution in [3.05, 3.63) is 58.2 Å². The van der Waals surface area contributed by atoms with Gasteiger partial charge in [-0.1, -0.05) is 11.6 Å². The molecule has 0 unspecified atom stereocenters. The first-order valence-electron chi connectivity index (χ1n) is 12.3. The molecule has 10 heteroatoms. The Balaban J connectivity index is 1.70. The summed E-state index contributed by atoms with van der Waals surface area (Å²) in [5.74, 6) is -5.79. The maximum atomic E-state index is 13.6. The Bertz CT molecular complexity index is 1390. The normalized spacial score (nSPS) is 27.6. The minimum Gasteiger partial charge on any atom is -0.508 e. The fourth-order valence-electron chi connectivity index (χ4n) is 6.34. The number of halogens is 3. The first kappa shape index (κ1) is 25.9. The third-order valence-electron chi connectivity index (χ3n) is 7.78. The molecule has 1 N–H and O–H groups in total. The van der Waals surface area contributed by atoms with Gasteiger partial charge in [0.2, 0.25) is 11.8 Å². The van der Waals surface area contributed by atoms with E-state index in [9.17, 15) is 37.5 Å². The van der Waals surface area contributed by atoms with Crippen LogP contribution in [0.1, 0.15) is 52.0 Å². The molecule has 4 atom stereocenters. The van der Waals surface area contributed by atoms with E-state index in [-0.39, 0.29) is 46.9 Å². The van der Waals surface area contributed by atoms with Gasteiger partial charge in [0.05, 0.1) is 11.8 Å². The molecule has 7 nitrogen and oxygen atoms in total. The summed E-state index contributed by atoms with van der Waals surface area (Å²) in [6.45, 7) is 6.72. The highest BCUT2D eigenvalue weighted by Gasteiger charge is 2.58. The number of carbonyl (C=O) groups excluding carboxylic acids is 4. The van der Waals surface area contributed by atoms with E-state index in [0.29, 0.717) is 5.57 Å². The van der Waals surface area contributed by atoms with E-state index in [2.05, 4.69) is 4.74 Å². The van der Waals surface area contributed by atoms with Crippen LogP contribution in [0.2, 0.25) is 0 Å². The van der Waals surface area contributed by atoms with Crippen molar-refractivity contribution in [3.8, 4) is 11.5 Å². The van der Waals surface area contributed by atoms with E-state index in [1.807, 2.05) is 0 Å². The number of hydrogen-bond acceptors (Lipinski definition) is 6. The van der Waals surface area contributed by atoms with Crippen molar-refractivity contribution in [1.82, 2.24) is 4.90 Å². The largest absolute Gasteiger partial charge is 0.573 e. The molecule has 0 spiro atoms. The molecule has 1 heterocycles. The van der Waals surface area contributed by atoms with Crippen molar-refractivity contribution in [2.75, 3.05) is 0 Å². The second-order valence-electron chi connectivity index (χ2n) is 11.2. The second-order valence-corrected chi connectivity index (χ2v) is 11.2. The standard InChI is InChI=1S/C28H26F3NO6/c1-12-9-20(34)18-11-16-14(6-7-15-22(16)26(37)32(25(15)36)27(2,3)4)21(23(18)24(12)35)17-10-13(5-8-19(17)33)38-28(29,30)31/h5-6,8-10,15-16,21-22,33H,7,11H2,1-4H3/t15-,16+,21+,22-/m0/s1. The highest BCUT2D eigenvalue weighted by atomic mass is 19.4. The lowest BCUT2D eigenvalue weighted by molar-refractivity contribution is -0.274. The number of likely N-dealkylation sites (tertiary alicyclic amines) is 1. The number of fused-ring (bicyclic) bond motifs is 3. The molecular weight excluding hydrogens is 503 g/mol. The third-order valence-corrected chi connectivity index (χ3v) is 7.78. The van der Waals surface area contributed by atoms with Gasteiger partial charge >= 0.3 is 6.36 Å². The minimum absolute atomic E-state index is 0.0314. The number of imide groups is 1. The molecule has 0 aromatic heterocycles. The summed E-state index contributed by atoms with van der Waals surface area (Å²) in [7, 11) is 0. The van der Waals surface area contributed by atoms with E-state index in [1.165, 1.54) is 17.9 Å². The van der Waals surface area contributed by atoms with Crippen LogP contribution in [0.5, 0.6) is 11.5 Å². The molecule has 0 saturated carbocycles. The maximum Gasteiger partial charge on any atom is 0.573 e. The molecule has 38 heavy (non-hydrogen) atoms. The molecule has 1 aromatic carbocycles. The summed E-state index contributed by atoms with van der Waals surface area (Å²) < 4.78 is 43.0. The van der Waals surface area contributed by atoms with Crippen LogP contribution in [0.4, 0.5) is 13.2 Å². The first-order chi connectivity index (χ1) is 17.6. The van der Waals surface area contributed by atoms with Crippen LogP contribution < -0.4 is 4.74 Å². The number of benzene rings is 1. The molecule has 2 amide bonds. The van der Waals surface area contributed by atoms with Gasteiger partial charge in [-0.2, -0.15) is 0 Å². The smallest absolute Gasteiger partial charge is 0.508 e. The van der Waals surface area contributed by atoms with Gasteiger partial charge in [-0.3, -0.25) is 24.1 Å². The number of Topliss-reactive ketones (excluding diaryl/α,β-unsaturated/α-hetero) is 1. The summed E-state index contributed by atoms with van der Waals surface area (Å²) in [6.07, 6.45) is -1.83.